The first-order valence-electron chi connectivity index (χ1n) is 14.7. The minimum Gasteiger partial charge on any atom is -0.489 e. The predicted molar refractivity (Wildman–Crippen MR) is 166 cm³/mol. The zero-order valence-corrected chi connectivity index (χ0v) is 26.0. The van der Waals surface area contributed by atoms with Crippen molar-refractivity contribution in [3.63, 3.8) is 0 Å². The van der Waals surface area contributed by atoms with Gasteiger partial charge in [0.15, 0.2) is 9.84 Å². The molecule has 2 N–H and O–H groups in total. The molecule has 0 radical (unpaired) electrons. The zero-order chi connectivity index (χ0) is 30.4. The summed E-state index contributed by atoms with van der Waals surface area (Å²) in [5.41, 5.74) is 7.82. The Hall–Kier alpha value is -3.07. The van der Waals surface area contributed by atoms with Gasteiger partial charge < -0.3 is 15.4 Å². The first-order chi connectivity index (χ1) is 20.6. The average molecular weight is 642 g/mol. The summed E-state index contributed by atoms with van der Waals surface area (Å²) in [5, 5.41) is 1.03. The number of aryl methyl sites for hydroxylation is 1. The molecule has 2 fully saturated rings. The van der Waals surface area contributed by atoms with E-state index in [0.717, 1.165) is 11.1 Å². The minimum absolute atomic E-state index is 0.0157. The number of halogens is 2. The number of rotatable bonds is 7. The van der Waals surface area contributed by atoms with Crippen LogP contribution in [0.25, 0.3) is 0 Å². The second-order valence-electron chi connectivity index (χ2n) is 11.8. The molecule has 7 nitrogen and oxygen atoms in total. The summed E-state index contributed by atoms with van der Waals surface area (Å²) in [6.45, 7) is 0.529. The number of likely N-dealkylation sites (tertiary alicyclic amines) is 1. The van der Waals surface area contributed by atoms with Crippen molar-refractivity contribution in [2.45, 2.75) is 67.2 Å². The number of amides is 2. The van der Waals surface area contributed by atoms with Crippen molar-refractivity contribution < 1.29 is 22.7 Å². The van der Waals surface area contributed by atoms with E-state index in [1.807, 2.05) is 17.0 Å². The average Bonchev–Trinajstić information content (AvgIpc) is 3.42. The maximum atomic E-state index is 14.6. The second-order valence-corrected chi connectivity index (χ2v) is 14.8. The number of fused-ring (bicyclic) bond motifs is 3. The van der Waals surface area contributed by atoms with Crippen LogP contribution in [-0.2, 0) is 37.2 Å². The lowest BCUT2D eigenvalue weighted by atomic mass is 9.77. The molecule has 2 atom stereocenters. The molecule has 2 amide bonds. The Morgan fingerprint density at radius 2 is 1.58 bits per heavy atom. The molecule has 0 aromatic heterocycles. The van der Waals surface area contributed by atoms with Crippen LogP contribution in [0.15, 0.2) is 71.6 Å². The van der Waals surface area contributed by atoms with E-state index in [9.17, 15) is 18.0 Å². The van der Waals surface area contributed by atoms with Crippen LogP contribution < -0.4 is 10.5 Å². The van der Waals surface area contributed by atoms with Crippen molar-refractivity contribution >= 4 is 44.9 Å². The number of nitrogens with zero attached hydrogens (tertiary/aromatic N) is 1. The second kappa shape index (κ2) is 11.8. The zero-order valence-electron chi connectivity index (χ0n) is 23.7. The SMILES string of the molecule is NC(=O)[C@H]1CC[C@H](C(=O)N2CC[C@@]3(S(=O)(=O)c4ccccc4)c4ccc(OCc5c(Cl)cccc5Cl)cc4CC[C@@H]23)CC1. The number of hydrogen-bond donors (Lipinski definition) is 1. The van der Waals surface area contributed by atoms with Crippen LogP contribution in [0.4, 0.5) is 0 Å². The number of carbonyl (C=O) groups excluding carboxylic acids is 2. The largest absolute Gasteiger partial charge is 0.489 e. The highest BCUT2D eigenvalue weighted by atomic mass is 35.5. The number of hydrogen-bond acceptors (Lipinski definition) is 5. The number of primary amides is 1. The van der Waals surface area contributed by atoms with Gasteiger partial charge >= 0.3 is 0 Å². The van der Waals surface area contributed by atoms with Gasteiger partial charge in [-0.1, -0.05) is 53.5 Å². The fourth-order valence-electron chi connectivity index (χ4n) is 7.35. The summed E-state index contributed by atoms with van der Waals surface area (Å²) in [7, 11) is -3.90. The molecule has 43 heavy (non-hydrogen) atoms. The molecule has 0 unspecified atom stereocenters. The van der Waals surface area contributed by atoms with Crippen LogP contribution in [0, 0.1) is 11.8 Å². The molecule has 1 saturated carbocycles. The molecule has 226 valence electrons. The summed E-state index contributed by atoms with van der Waals surface area (Å²) in [4.78, 5) is 27.7. The van der Waals surface area contributed by atoms with E-state index in [2.05, 4.69) is 0 Å². The van der Waals surface area contributed by atoms with Gasteiger partial charge in [-0.15, -0.1) is 0 Å². The molecule has 3 aromatic rings. The van der Waals surface area contributed by atoms with Crippen LogP contribution in [0.5, 0.6) is 5.75 Å². The van der Waals surface area contributed by atoms with Crippen LogP contribution in [0.1, 0.15) is 55.2 Å². The Morgan fingerprint density at radius 3 is 2.26 bits per heavy atom. The van der Waals surface area contributed by atoms with Crippen molar-refractivity contribution in [3.05, 3.63) is 93.5 Å². The number of carbonyl (C=O) groups is 2. The number of sulfone groups is 1. The highest BCUT2D eigenvalue weighted by Gasteiger charge is 2.61. The smallest absolute Gasteiger partial charge is 0.225 e. The molecular weight excluding hydrogens is 607 g/mol. The molecule has 0 bridgehead atoms. The van der Waals surface area contributed by atoms with Gasteiger partial charge in [-0.05, 0) is 92.5 Å². The van der Waals surface area contributed by atoms with Gasteiger partial charge in [0.2, 0.25) is 11.8 Å². The summed E-state index contributed by atoms with van der Waals surface area (Å²) >= 11 is 12.7. The molecule has 3 aromatic carbocycles. The maximum Gasteiger partial charge on any atom is 0.225 e. The van der Waals surface area contributed by atoms with E-state index < -0.39 is 20.6 Å². The molecule has 3 aliphatic rings. The van der Waals surface area contributed by atoms with Gasteiger partial charge in [0.25, 0.3) is 0 Å². The van der Waals surface area contributed by atoms with Gasteiger partial charge in [-0.2, -0.15) is 0 Å². The predicted octanol–water partition coefficient (Wildman–Crippen LogP) is 6.08. The molecule has 10 heteroatoms. The molecule has 2 aliphatic carbocycles. The normalized spacial score (nSPS) is 25.1. The monoisotopic (exact) mass is 640 g/mol. The van der Waals surface area contributed by atoms with E-state index in [4.69, 9.17) is 33.7 Å². The molecule has 1 saturated heterocycles. The third kappa shape index (κ3) is 5.21. The lowest BCUT2D eigenvalue weighted by Crippen LogP contribution is -2.53. The van der Waals surface area contributed by atoms with Gasteiger partial charge in [0, 0.05) is 34.0 Å². The van der Waals surface area contributed by atoms with Gasteiger partial charge in [0.05, 0.1) is 10.9 Å². The Morgan fingerprint density at radius 1 is 0.907 bits per heavy atom. The van der Waals surface area contributed by atoms with E-state index in [0.29, 0.717) is 72.8 Å². The number of ether oxygens (including phenoxy) is 1. The number of benzene rings is 3. The number of nitrogens with two attached hydrogens (primary N) is 1. The third-order valence-corrected chi connectivity index (χ3v) is 12.9. The van der Waals surface area contributed by atoms with E-state index in [1.54, 1.807) is 54.6 Å². The Kier molecular flexibility index (Phi) is 8.22. The molecule has 1 aliphatic heterocycles. The van der Waals surface area contributed by atoms with Crippen LogP contribution in [0.2, 0.25) is 10.0 Å². The fourth-order valence-corrected chi connectivity index (χ4v) is 10.2. The Labute approximate surface area is 262 Å². The van der Waals surface area contributed by atoms with E-state index in [1.165, 1.54) is 0 Å². The highest BCUT2D eigenvalue weighted by Crippen LogP contribution is 2.53. The Balaban J connectivity index is 1.34. The van der Waals surface area contributed by atoms with Crippen molar-refractivity contribution in [1.82, 2.24) is 4.90 Å². The quantitative estimate of drug-likeness (QED) is 0.337. The summed E-state index contributed by atoms with van der Waals surface area (Å²) in [5.74, 6) is -0.176. The molecular formula is C33H34Cl2N2O5S. The van der Waals surface area contributed by atoms with Crippen molar-refractivity contribution in [2.24, 2.45) is 17.6 Å². The fraction of sp³-hybridized carbons (Fsp3) is 0.394. The summed E-state index contributed by atoms with van der Waals surface area (Å²) in [6.07, 6.45) is 3.77. The van der Waals surface area contributed by atoms with E-state index in [-0.39, 0.29) is 35.2 Å². The summed E-state index contributed by atoms with van der Waals surface area (Å²) in [6, 6.07) is 18.9. The highest BCUT2D eigenvalue weighted by molar-refractivity contribution is 7.92. The van der Waals surface area contributed by atoms with Gasteiger partial charge in [0.1, 0.15) is 17.1 Å². The van der Waals surface area contributed by atoms with Crippen molar-refractivity contribution in [1.29, 1.82) is 0 Å². The van der Waals surface area contributed by atoms with E-state index >= 15 is 0 Å². The van der Waals surface area contributed by atoms with Crippen LogP contribution in [0.3, 0.4) is 0 Å². The first kappa shape index (κ1) is 30.0. The molecule has 0 spiro atoms. The van der Waals surface area contributed by atoms with Crippen LogP contribution in [-0.4, -0.2) is 37.7 Å². The van der Waals surface area contributed by atoms with Crippen molar-refractivity contribution in [2.75, 3.05) is 6.54 Å². The van der Waals surface area contributed by atoms with Gasteiger partial charge in [-0.25, -0.2) is 8.42 Å². The Bertz CT molecular complexity index is 1640. The maximum absolute atomic E-state index is 14.6. The molecule has 1 heterocycles. The standard InChI is InChI=1S/C33H34Cl2N2O5S/c34-28-7-4-8-29(35)26(28)20-42-24-14-15-27-23(19-24)13-16-30-33(27,43(40,41)25-5-2-1-3-6-25)17-18-37(30)32(39)22-11-9-21(10-12-22)31(36)38/h1-8,14-15,19,21-22,30H,9-13,16-18,20H2,(H2,36,38)/t21-,22-,30-,33-/m1/s1. The van der Waals surface area contributed by atoms with Crippen LogP contribution >= 0.6 is 23.2 Å². The lowest BCUT2D eigenvalue weighted by molar-refractivity contribution is -0.139. The first-order valence-corrected chi connectivity index (χ1v) is 17.0. The lowest BCUT2D eigenvalue weighted by Gasteiger charge is -2.43. The third-order valence-electron chi connectivity index (χ3n) is 9.60. The minimum atomic E-state index is -3.90. The van der Waals surface area contributed by atoms with Gasteiger partial charge in [-0.3, -0.25) is 9.59 Å². The topological polar surface area (TPSA) is 107 Å². The summed E-state index contributed by atoms with van der Waals surface area (Å²) < 4.78 is 34.1. The van der Waals surface area contributed by atoms with Crippen molar-refractivity contribution in [3.8, 4) is 5.75 Å². The molecule has 6 rings (SSSR count).